The molecular formula is C16H13Cl2NO3. The Labute approximate surface area is 138 Å². The number of ether oxygens (including phenoxy) is 1. The third-order valence-electron chi connectivity index (χ3n) is 2.84. The van der Waals surface area contributed by atoms with Crippen LogP contribution in [0.5, 0.6) is 0 Å². The van der Waals surface area contributed by atoms with Crippen molar-refractivity contribution in [2.24, 2.45) is 0 Å². The molecule has 6 heteroatoms. The molecule has 1 N–H and O–H groups in total. The highest BCUT2D eigenvalue weighted by atomic mass is 35.5. The van der Waals surface area contributed by atoms with E-state index in [0.29, 0.717) is 10.7 Å². The van der Waals surface area contributed by atoms with Crippen molar-refractivity contribution < 1.29 is 14.3 Å². The second kappa shape index (κ2) is 7.29. The molecule has 0 unspecified atom stereocenters. The van der Waals surface area contributed by atoms with Crippen molar-refractivity contribution in [3.63, 3.8) is 0 Å². The number of benzene rings is 2. The quantitative estimate of drug-likeness (QED) is 0.851. The number of anilines is 1. The molecule has 4 nitrogen and oxygen atoms in total. The number of esters is 1. The molecule has 2 aromatic carbocycles. The van der Waals surface area contributed by atoms with Gasteiger partial charge in [0.25, 0.3) is 5.91 Å². The van der Waals surface area contributed by atoms with Crippen LogP contribution in [-0.4, -0.2) is 18.0 Å². The molecule has 1 amide bonds. The zero-order valence-electron chi connectivity index (χ0n) is 11.7. The zero-order valence-corrected chi connectivity index (χ0v) is 13.2. The van der Waals surface area contributed by atoms with Gasteiger partial charge in [-0.15, -0.1) is 0 Å². The lowest BCUT2D eigenvalue weighted by Gasteiger charge is -2.14. The van der Waals surface area contributed by atoms with E-state index >= 15 is 0 Å². The molecule has 0 saturated carbocycles. The Morgan fingerprint density at radius 3 is 2.50 bits per heavy atom. The maximum absolute atomic E-state index is 12.0. The summed E-state index contributed by atoms with van der Waals surface area (Å²) in [7, 11) is 0. The molecule has 0 aliphatic carbocycles. The number of rotatable bonds is 4. The number of nitrogens with one attached hydrogen (secondary N) is 1. The molecule has 22 heavy (non-hydrogen) atoms. The highest BCUT2D eigenvalue weighted by molar-refractivity contribution is 6.33. The lowest BCUT2D eigenvalue weighted by atomic mass is 10.2. The summed E-state index contributed by atoms with van der Waals surface area (Å²) in [5.74, 6) is -1.11. The van der Waals surface area contributed by atoms with Crippen molar-refractivity contribution in [2.45, 2.75) is 13.0 Å². The van der Waals surface area contributed by atoms with Crippen LogP contribution in [0.25, 0.3) is 0 Å². The molecule has 0 aromatic heterocycles. The molecule has 0 heterocycles. The van der Waals surface area contributed by atoms with Crippen LogP contribution in [-0.2, 0) is 9.53 Å². The second-order valence-electron chi connectivity index (χ2n) is 4.53. The first-order valence-electron chi connectivity index (χ1n) is 6.49. The minimum atomic E-state index is -0.970. The van der Waals surface area contributed by atoms with Crippen molar-refractivity contribution in [3.8, 4) is 0 Å². The normalized spacial score (nSPS) is 11.6. The lowest BCUT2D eigenvalue weighted by Crippen LogP contribution is -2.30. The fourth-order valence-electron chi connectivity index (χ4n) is 1.71. The molecule has 0 aliphatic rings. The molecule has 1 atom stereocenters. The number of hydrogen-bond acceptors (Lipinski definition) is 3. The Hall–Kier alpha value is -2.04. The second-order valence-corrected chi connectivity index (χ2v) is 5.37. The van der Waals surface area contributed by atoms with E-state index in [4.69, 9.17) is 27.9 Å². The standard InChI is InChI=1S/C16H13Cl2NO3/c1-10(15(20)19-12-6-4-5-11(17)9-12)22-16(21)13-7-2-3-8-14(13)18/h2-10H,1H3,(H,19,20)/t10-/m0/s1. The molecule has 0 spiro atoms. The lowest BCUT2D eigenvalue weighted by molar-refractivity contribution is -0.123. The molecule has 2 rings (SSSR count). The molecule has 114 valence electrons. The first-order chi connectivity index (χ1) is 10.5. The van der Waals surface area contributed by atoms with Crippen LogP contribution in [0.1, 0.15) is 17.3 Å². The first-order valence-corrected chi connectivity index (χ1v) is 7.25. The predicted octanol–water partition coefficient (Wildman–Crippen LogP) is 4.18. The highest BCUT2D eigenvalue weighted by Crippen LogP contribution is 2.18. The summed E-state index contributed by atoms with van der Waals surface area (Å²) in [5.41, 5.74) is 0.740. The van der Waals surface area contributed by atoms with Crippen molar-refractivity contribution in [1.29, 1.82) is 0 Å². The Bertz CT molecular complexity index is 703. The highest BCUT2D eigenvalue weighted by Gasteiger charge is 2.20. The van der Waals surface area contributed by atoms with Gasteiger partial charge in [-0.2, -0.15) is 0 Å². The summed E-state index contributed by atoms with van der Waals surface area (Å²) in [6.07, 6.45) is -0.970. The number of carbonyl (C=O) groups excluding carboxylic acids is 2. The van der Waals surface area contributed by atoms with Gasteiger partial charge in [0.05, 0.1) is 10.6 Å². The van der Waals surface area contributed by atoms with Crippen molar-refractivity contribution in [1.82, 2.24) is 0 Å². The molecular weight excluding hydrogens is 325 g/mol. The smallest absolute Gasteiger partial charge is 0.340 e. The van der Waals surface area contributed by atoms with Crippen LogP contribution >= 0.6 is 23.2 Å². The molecule has 2 aromatic rings. The minimum Gasteiger partial charge on any atom is -0.449 e. The van der Waals surface area contributed by atoms with E-state index in [2.05, 4.69) is 5.32 Å². The van der Waals surface area contributed by atoms with E-state index in [1.807, 2.05) is 0 Å². The van der Waals surface area contributed by atoms with Gasteiger partial charge in [-0.3, -0.25) is 4.79 Å². The average Bonchev–Trinajstić information content (AvgIpc) is 2.47. The largest absolute Gasteiger partial charge is 0.449 e. The molecule has 0 aliphatic heterocycles. The fraction of sp³-hybridized carbons (Fsp3) is 0.125. The fourth-order valence-corrected chi connectivity index (χ4v) is 2.12. The Morgan fingerprint density at radius 2 is 1.82 bits per heavy atom. The Kier molecular flexibility index (Phi) is 5.41. The summed E-state index contributed by atoms with van der Waals surface area (Å²) < 4.78 is 5.11. The van der Waals surface area contributed by atoms with Crippen molar-refractivity contribution >= 4 is 40.8 Å². The Balaban J connectivity index is 1.99. The van der Waals surface area contributed by atoms with E-state index in [-0.39, 0.29) is 10.6 Å². The van der Waals surface area contributed by atoms with Gasteiger partial charge in [-0.25, -0.2) is 4.79 Å². The SMILES string of the molecule is C[C@H](OC(=O)c1ccccc1Cl)C(=O)Nc1cccc(Cl)c1. The Morgan fingerprint density at radius 1 is 1.09 bits per heavy atom. The van der Waals surface area contributed by atoms with Crippen LogP contribution in [0.15, 0.2) is 48.5 Å². The summed E-state index contributed by atoms with van der Waals surface area (Å²) >= 11 is 11.8. The van der Waals surface area contributed by atoms with Gasteiger partial charge in [0.2, 0.25) is 0 Å². The number of amides is 1. The van der Waals surface area contributed by atoms with Crippen molar-refractivity contribution in [3.05, 3.63) is 64.1 Å². The van der Waals surface area contributed by atoms with E-state index in [1.54, 1.807) is 42.5 Å². The van der Waals surface area contributed by atoms with E-state index in [1.165, 1.54) is 13.0 Å². The summed E-state index contributed by atoms with van der Waals surface area (Å²) in [5, 5.41) is 3.39. The van der Waals surface area contributed by atoms with Gasteiger partial charge in [-0.1, -0.05) is 41.4 Å². The maximum Gasteiger partial charge on any atom is 0.340 e. The summed E-state index contributed by atoms with van der Waals surface area (Å²) in [6.45, 7) is 1.48. The predicted molar refractivity (Wildman–Crippen MR) is 86.4 cm³/mol. The molecule has 0 fully saturated rings. The van der Waals surface area contributed by atoms with Gasteiger partial charge in [0, 0.05) is 10.7 Å². The van der Waals surface area contributed by atoms with Gasteiger partial charge >= 0.3 is 5.97 Å². The van der Waals surface area contributed by atoms with Crippen LogP contribution in [0.4, 0.5) is 5.69 Å². The van der Waals surface area contributed by atoms with Gasteiger partial charge < -0.3 is 10.1 Å². The number of halogens is 2. The monoisotopic (exact) mass is 337 g/mol. The van der Waals surface area contributed by atoms with E-state index in [0.717, 1.165) is 0 Å². The molecule has 0 saturated heterocycles. The minimum absolute atomic E-state index is 0.214. The van der Waals surface area contributed by atoms with E-state index in [9.17, 15) is 9.59 Å². The maximum atomic E-state index is 12.0. The number of carbonyl (C=O) groups is 2. The number of hydrogen-bond donors (Lipinski definition) is 1. The zero-order chi connectivity index (χ0) is 16.1. The first kappa shape index (κ1) is 16.3. The molecule has 0 bridgehead atoms. The van der Waals surface area contributed by atoms with Crippen LogP contribution in [0.3, 0.4) is 0 Å². The third kappa shape index (κ3) is 4.23. The molecule has 0 radical (unpaired) electrons. The van der Waals surface area contributed by atoms with Crippen molar-refractivity contribution in [2.75, 3.05) is 5.32 Å². The topological polar surface area (TPSA) is 55.4 Å². The third-order valence-corrected chi connectivity index (χ3v) is 3.40. The van der Waals surface area contributed by atoms with Crippen LogP contribution < -0.4 is 5.32 Å². The van der Waals surface area contributed by atoms with Crippen LogP contribution in [0, 0.1) is 0 Å². The van der Waals surface area contributed by atoms with Crippen LogP contribution in [0.2, 0.25) is 10.0 Å². The summed E-state index contributed by atoms with van der Waals surface area (Å²) in [4.78, 5) is 24.0. The average molecular weight is 338 g/mol. The van der Waals surface area contributed by atoms with E-state index < -0.39 is 18.0 Å². The van der Waals surface area contributed by atoms with Gasteiger partial charge in [-0.05, 0) is 37.3 Å². The summed E-state index contributed by atoms with van der Waals surface area (Å²) in [6, 6.07) is 13.2. The van der Waals surface area contributed by atoms with Gasteiger partial charge in [0.1, 0.15) is 0 Å². The van der Waals surface area contributed by atoms with Gasteiger partial charge in [0.15, 0.2) is 6.10 Å².